The smallest absolute Gasteiger partial charge is 0.250 e. The fraction of sp³-hybridized carbons (Fsp3) is 0.300. The standard InChI is InChI=1S/C20H22N6OS/c1-16-7-9-18(10-8-16)28-15-19(27)24-11-13-25(14-12-24)20-21-22-23-26(20)17-5-3-2-4-6-17/h2-10H,11-15H2,1H3. The van der Waals surface area contributed by atoms with Crippen LogP contribution in [0.3, 0.4) is 0 Å². The molecule has 1 aliphatic rings. The van der Waals surface area contributed by atoms with Crippen molar-refractivity contribution in [2.45, 2.75) is 11.8 Å². The lowest BCUT2D eigenvalue weighted by atomic mass is 10.2. The third-order valence-corrected chi connectivity index (χ3v) is 5.75. The van der Waals surface area contributed by atoms with E-state index in [2.05, 4.69) is 51.6 Å². The van der Waals surface area contributed by atoms with Crippen LogP contribution in [0.5, 0.6) is 0 Å². The highest BCUT2D eigenvalue weighted by atomic mass is 32.2. The second-order valence-corrected chi connectivity index (χ2v) is 7.74. The van der Waals surface area contributed by atoms with E-state index in [1.165, 1.54) is 5.56 Å². The molecule has 3 aromatic rings. The Hall–Kier alpha value is -2.87. The van der Waals surface area contributed by atoms with Crippen molar-refractivity contribution in [1.82, 2.24) is 25.1 Å². The van der Waals surface area contributed by atoms with E-state index in [0.29, 0.717) is 37.9 Å². The van der Waals surface area contributed by atoms with Crippen LogP contribution in [0.15, 0.2) is 59.5 Å². The lowest BCUT2D eigenvalue weighted by Gasteiger charge is -2.34. The predicted molar refractivity (Wildman–Crippen MR) is 110 cm³/mol. The van der Waals surface area contributed by atoms with Gasteiger partial charge in [-0.05, 0) is 41.6 Å². The molecule has 1 saturated heterocycles. The van der Waals surface area contributed by atoms with Crippen molar-refractivity contribution in [3.63, 3.8) is 0 Å². The monoisotopic (exact) mass is 394 g/mol. The Kier molecular flexibility index (Phi) is 5.57. The summed E-state index contributed by atoms with van der Waals surface area (Å²) in [6.07, 6.45) is 0. The summed E-state index contributed by atoms with van der Waals surface area (Å²) in [5.41, 5.74) is 2.15. The molecule has 1 aromatic heterocycles. The summed E-state index contributed by atoms with van der Waals surface area (Å²) in [7, 11) is 0. The molecule has 0 atom stereocenters. The van der Waals surface area contributed by atoms with E-state index in [1.54, 1.807) is 16.4 Å². The Labute approximate surface area is 168 Å². The van der Waals surface area contributed by atoms with Gasteiger partial charge in [-0.1, -0.05) is 41.0 Å². The molecule has 1 fully saturated rings. The summed E-state index contributed by atoms with van der Waals surface area (Å²) in [5.74, 6) is 1.35. The number of carbonyl (C=O) groups excluding carboxylic acids is 1. The number of aromatic nitrogens is 4. The quantitative estimate of drug-likeness (QED) is 0.619. The first kappa shape index (κ1) is 18.5. The van der Waals surface area contributed by atoms with E-state index in [1.807, 2.05) is 35.2 Å². The van der Waals surface area contributed by atoms with Crippen molar-refractivity contribution in [3.05, 3.63) is 60.2 Å². The van der Waals surface area contributed by atoms with Gasteiger partial charge in [0.2, 0.25) is 11.9 Å². The molecule has 1 aliphatic heterocycles. The minimum Gasteiger partial charge on any atom is -0.338 e. The van der Waals surface area contributed by atoms with Crippen LogP contribution in [0.2, 0.25) is 0 Å². The predicted octanol–water partition coefficient (Wildman–Crippen LogP) is 2.41. The molecular formula is C20H22N6OS. The lowest BCUT2D eigenvalue weighted by Crippen LogP contribution is -2.50. The van der Waals surface area contributed by atoms with Crippen LogP contribution in [0.4, 0.5) is 5.95 Å². The average molecular weight is 395 g/mol. The Bertz CT molecular complexity index is 919. The number of hydrogen-bond donors (Lipinski definition) is 0. The number of hydrogen-bond acceptors (Lipinski definition) is 6. The minimum atomic E-state index is 0.174. The number of anilines is 1. The maximum Gasteiger partial charge on any atom is 0.250 e. The number of benzene rings is 2. The third-order valence-electron chi connectivity index (χ3n) is 4.75. The summed E-state index contributed by atoms with van der Waals surface area (Å²) in [6.45, 7) is 4.85. The maximum absolute atomic E-state index is 12.6. The highest BCUT2D eigenvalue weighted by Gasteiger charge is 2.24. The van der Waals surface area contributed by atoms with Gasteiger partial charge in [0.05, 0.1) is 11.4 Å². The van der Waals surface area contributed by atoms with Gasteiger partial charge in [0, 0.05) is 31.1 Å². The fourth-order valence-electron chi connectivity index (χ4n) is 3.14. The Morgan fingerprint density at radius 2 is 1.71 bits per heavy atom. The van der Waals surface area contributed by atoms with Crippen molar-refractivity contribution in [2.24, 2.45) is 0 Å². The highest BCUT2D eigenvalue weighted by molar-refractivity contribution is 8.00. The van der Waals surface area contributed by atoms with Gasteiger partial charge in [0.25, 0.3) is 0 Å². The molecule has 28 heavy (non-hydrogen) atoms. The summed E-state index contributed by atoms with van der Waals surface area (Å²) < 4.78 is 1.74. The average Bonchev–Trinajstić information content (AvgIpc) is 3.24. The number of carbonyl (C=O) groups is 1. The van der Waals surface area contributed by atoms with Crippen LogP contribution in [-0.4, -0.2) is 62.9 Å². The number of aryl methyl sites for hydroxylation is 1. The second-order valence-electron chi connectivity index (χ2n) is 6.70. The van der Waals surface area contributed by atoms with Crippen molar-refractivity contribution < 1.29 is 4.79 Å². The number of rotatable bonds is 5. The first-order chi connectivity index (χ1) is 13.7. The number of para-hydroxylation sites is 1. The summed E-state index contributed by atoms with van der Waals surface area (Å²) in [4.78, 5) is 17.7. The minimum absolute atomic E-state index is 0.174. The normalized spacial score (nSPS) is 14.3. The van der Waals surface area contributed by atoms with E-state index < -0.39 is 0 Å². The first-order valence-electron chi connectivity index (χ1n) is 9.27. The third kappa shape index (κ3) is 4.17. The zero-order valence-electron chi connectivity index (χ0n) is 15.7. The van der Waals surface area contributed by atoms with Gasteiger partial charge in [-0.25, -0.2) is 0 Å². The summed E-state index contributed by atoms with van der Waals surface area (Å²) >= 11 is 1.59. The molecule has 0 unspecified atom stereocenters. The summed E-state index contributed by atoms with van der Waals surface area (Å²) in [6, 6.07) is 18.1. The molecular weight excluding hydrogens is 372 g/mol. The van der Waals surface area contributed by atoms with Gasteiger partial charge in [0.15, 0.2) is 0 Å². The molecule has 0 spiro atoms. The molecule has 2 heterocycles. The largest absolute Gasteiger partial charge is 0.338 e. The molecule has 0 aliphatic carbocycles. The van der Waals surface area contributed by atoms with Crippen LogP contribution in [-0.2, 0) is 4.79 Å². The van der Waals surface area contributed by atoms with Gasteiger partial charge in [-0.2, -0.15) is 4.68 Å². The van der Waals surface area contributed by atoms with Crippen molar-refractivity contribution in [3.8, 4) is 5.69 Å². The number of amides is 1. The SMILES string of the molecule is Cc1ccc(SCC(=O)N2CCN(c3nnnn3-c3ccccc3)CC2)cc1. The van der Waals surface area contributed by atoms with Gasteiger partial charge in [-0.15, -0.1) is 11.8 Å². The Morgan fingerprint density at radius 3 is 2.43 bits per heavy atom. The van der Waals surface area contributed by atoms with E-state index in [-0.39, 0.29) is 5.91 Å². The summed E-state index contributed by atoms with van der Waals surface area (Å²) in [5, 5.41) is 12.1. The van der Waals surface area contributed by atoms with Crippen LogP contribution < -0.4 is 4.90 Å². The number of piperazine rings is 1. The highest BCUT2D eigenvalue weighted by Crippen LogP contribution is 2.20. The van der Waals surface area contributed by atoms with Crippen LogP contribution in [0, 0.1) is 6.92 Å². The maximum atomic E-state index is 12.6. The van der Waals surface area contributed by atoms with Crippen LogP contribution in [0.1, 0.15) is 5.56 Å². The molecule has 0 saturated carbocycles. The zero-order chi connectivity index (χ0) is 19.3. The number of nitrogens with zero attached hydrogens (tertiary/aromatic N) is 6. The topological polar surface area (TPSA) is 67.2 Å². The molecule has 144 valence electrons. The number of thioether (sulfide) groups is 1. The van der Waals surface area contributed by atoms with Gasteiger partial charge in [0.1, 0.15) is 0 Å². The molecule has 4 rings (SSSR count). The van der Waals surface area contributed by atoms with Crippen LogP contribution in [0.25, 0.3) is 5.69 Å². The molecule has 0 N–H and O–H groups in total. The first-order valence-corrected chi connectivity index (χ1v) is 10.3. The molecule has 8 heteroatoms. The van der Waals surface area contributed by atoms with Gasteiger partial charge in [-0.3, -0.25) is 4.79 Å². The fourth-order valence-corrected chi connectivity index (χ4v) is 3.94. The van der Waals surface area contributed by atoms with E-state index in [4.69, 9.17) is 0 Å². The molecule has 2 aromatic carbocycles. The Balaban J connectivity index is 1.33. The lowest BCUT2D eigenvalue weighted by molar-refractivity contribution is -0.128. The van der Waals surface area contributed by atoms with Crippen molar-refractivity contribution >= 4 is 23.6 Å². The van der Waals surface area contributed by atoms with E-state index >= 15 is 0 Å². The van der Waals surface area contributed by atoms with Crippen molar-refractivity contribution in [2.75, 3.05) is 36.8 Å². The van der Waals surface area contributed by atoms with Gasteiger partial charge < -0.3 is 9.80 Å². The molecule has 0 radical (unpaired) electrons. The molecule has 0 bridgehead atoms. The second kappa shape index (κ2) is 8.43. The van der Waals surface area contributed by atoms with E-state index in [0.717, 1.165) is 10.6 Å². The van der Waals surface area contributed by atoms with Crippen molar-refractivity contribution in [1.29, 1.82) is 0 Å². The van der Waals surface area contributed by atoms with E-state index in [9.17, 15) is 4.79 Å². The Morgan fingerprint density at radius 1 is 1.00 bits per heavy atom. The molecule has 1 amide bonds. The molecule has 7 nitrogen and oxygen atoms in total. The van der Waals surface area contributed by atoms with Gasteiger partial charge >= 0.3 is 0 Å². The number of tetrazole rings is 1. The zero-order valence-corrected chi connectivity index (χ0v) is 16.5. The van der Waals surface area contributed by atoms with Crippen LogP contribution >= 0.6 is 11.8 Å².